The zero-order valence-corrected chi connectivity index (χ0v) is 17.0. The van der Waals surface area contributed by atoms with Crippen molar-refractivity contribution in [3.63, 3.8) is 0 Å². The van der Waals surface area contributed by atoms with Gasteiger partial charge in [0.05, 0.1) is 30.8 Å². The Labute approximate surface area is 166 Å². The Morgan fingerprint density at radius 1 is 1.32 bits per heavy atom. The van der Waals surface area contributed by atoms with Gasteiger partial charge in [-0.1, -0.05) is 12.1 Å². The quantitative estimate of drug-likeness (QED) is 0.720. The molecular weight excluding hydrogens is 357 g/mol. The Hall–Kier alpha value is -2.72. The number of likely N-dealkylation sites (N-methyl/N-ethyl adjacent to an activating group) is 1. The summed E-state index contributed by atoms with van der Waals surface area (Å²) in [5.74, 6) is -0.302. The van der Waals surface area contributed by atoms with E-state index in [4.69, 9.17) is 5.26 Å². The molecule has 2 rings (SSSR count). The summed E-state index contributed by atoms with van der Waals surface area (Å²) in [6, 6.07) is 8.46. The largest absolute Gasteiger partial charge is 0.354 e. The lowest BCUT2D eigenvalue weighted by Crippen LogP contribution is -2.34. The van der Waals surface area contributed by atoms with Crippen LogP contribution in [0.1, 0.15) is 41.4 Å². The van der Waals surface area contributed by atoms with Crippen molar-refractivity contribution >= 4 is 5.91 Å². The molecule has 1 aromatic carbocycles. The van der Waals surface area contributed by atoms with Crippen molar-refractivity contribution in [1.82, 2.24) is 20.0 Å². The fourth-order valence-corrected chi connectivity index (χ4v) is 3.29. The molecule has 0 aliphatic rings. The summed E-state index contributed by atoms with van der Waals surface area (Å²) in [6.45, 7) is 4.93. The number of nitrogens with one attached hydrogen (secondary N) is 1. The highest BCUT2D eigenvalue weighted by Gasteiger charge is 2.17. The van der Waals surface area contributed by atoms with E-state index in [0.717, 1.165) is 22.5 Å². The Morgan fingerprint density at radius 2 is 2.00 bits per heavy atom. The van der Waals surface area contributed by atoms with Gasteiger partial charge >= 0.3 is 0 Å². The van der Waals surface area contributed by atoms with E-state index in [2.05, 4.69) is 16.5 Å². The molecular formula is C21H28FN5O. The molecule has 1 amide bonds. The Morgan fingerprint density at radius 3 is 2.61 bits per heavy atom. The summed E-state index contributed by atoms with van der Waals surface area (Å²) >= 11 is 0. The highest BCUT2D eigenvalue weighted by atomic mass is 19.1. The maximum absolute atomic E-state index is 13.2. The lowest BCUT2D eigenvalue weighted by Gasteiger charge is -2.25. The summed E-state index contributed by atoms with van der Waals surface area (Å²) in [6.07, 6.45) is 1.39. The van der Waals surface area contributed by atoms with Gasteiger partial charge < -0.3 is 10.2 Å². The van der Waals surface area contributed by atoms with Gasteiger partial charge in [-0.3, -0.25) is 9.48 Å². The first-order valence-corrected chi connectivity index (χ1v) is 9.42. The molecule has 6 nitrogen and oxygen atoms in total. The molecule has 0 saturated heterocycles. The van der Waals surface area contributed by atoms with Crippen molar-refractivity contribution in [2.75, 3.05) is 20.6 Å². The van der Waals surface area contributed by atoms with Gasteiger partial charge in [-0.25, -0.2) is 4.39 Å². The summed E-state index contributed by atoms with van der Waals surface area (Å²) in [5.41, 5.74) is 3.94. The number of aryl methyl sites for hydroxylation is 2. The molecule has 1 aromatic heterocycles. The smallest absolute Gasteiger partial charge is 0.220 e. The fraction of sp³-hybridized carbons (Fsp3) is 0.476. The number of carbonyl (C=O) groups is 1. The molecule has 0 spiro atoms. The van der Waals surface area contributed by atoms with Crippen LogP contribution in [-0.2, 0) is 17.8 Å². The van der Waals surface area contributed by atoms with Crippen LogP contribution in [0.25, 0.3) is 0 Å². The normalized spacial score (nSPS) is 12.0. The molecule has 150 valence electrons. The van der Waals surface area contributed by atoms with E-state index in [1.165, 1.54) is 12.1 Å². The van der Waals surface area contributed by atoms with Gasteiger partial charge in [-0.05, 0) is 57.6 Å². The number of nitriles is 1. The summed E-state index contributed by atoms with van der Waals surface area (Å²) in [7, 11) is 3.87. The van der Waals surface area contributed by atoms with Crippen LogP contribution in [0.5, 0.6) is 0 Å². The number of halogens is 1. The molecule has 0 saturated carbocycles. The fourth-order valence-electron chi connectivity index (χ4n) is 3.29. The van der Waals surface area contributed by atoms with Crippen LogP contribution in [0.2, 0.25) is 0 Å². The molecule has 0 radical (unpaired) electrons. The van der Waals surface area contributed by atoms with Gasteiger partial charge in [-0.15, -0.1) is 0 Å². The van der Waals surface area contributed by atoms with E-state index in [-0.39, 0.29) is 17.8 Å². The summed E-state index contributed by atoms with van der Waals surface area (Å²) < 4.78 is 15.0. The first kappa shape index (κ1) is 21.6. The third-order valence-electron chi connectivity index (χ3n) is 4.94. The van der Waals surface area contributed by atoms with Crippen LogP contribution in [-0.4, -0.2) is 41.2 Å². The Bertz CT molecular complexity index is 836. The van der Waals surface area contributed by atoms with E-state index in [9.17, 15) is 9.18 Å². The second-order valence-electron chi connectivity index (χ2n) is 7.12. The first-order valence-electron chi connectivity index (χ1n) is 9.42. The topological polar surface area (TPSA) is 73.9 Å². The SMILES string of the molecule is Cc1nn(CCC#N)c(C)c1CCC(=O)NCC(c1ccc(F)cc1)N(C)C. The maximum Gasteiger partial charge on any atom is 0.220 e. The molecule has 0 aliphatic carbocycles. The highest BCUT2D eigenvalue weighted by molar-refractivity contribution is 5.76. The van der Waals surface area contributed by atoms with Gasteiger partial charge in [0.2, 0.25) is 5.91 Å². The van der Waals surface area contributed by atoms with Crippen molar-refractivity contribution < 1.29 is 9.18 Å². The van der Waals surface area contributed by atoms with E-state index in [1.54, 1.807) is 12.1 Å². The Kier molecular flexibility index (Phi) is 7.70. The van der Waals surface area contributed by atoms with Crippen LogP contribution in [0.15, 0.2) is 24.3 Å². The van der Waals surface area contributed by atoms with Gasteiger partial charge in [0, 0.05) is 18.7 Å². The van der Waals surface area contributed by atoms with Gasteiger partial charge in [-0.2, -0.15) is 10.4 Å². The molecule has 1 N–H and O–H groups in total. The second-order valence-corrected chi connectivity index (χ2v) is 7.12. The average molecular weight is 385 g/mol. The number of amides is 1. The van der Waals surface area contributed by atoms with Crippen molar-refractivity contribution in [1.29, 1.82) is 5.26 Å². The lowest BCUT2D eigenvalue weighted by molar-refractivity contribution is -0.121. The minimum absolute atomic E-state index is 0.0262. The number of nitrogens with zero attached hydrogens (tertiary/aromatic N) is 4. The van der Waals surface area contributed by atoms with Crippen molar-refractivity contribution in [3.05, 3.63) is 52.6 Å². The van der Waals surface area contributed by atoms with Crippen LogP contribution in [0.4, 0.5) is 4.39 Å². The maximum atomic E-state index is 13.2. The number of rotatable bonds is 9. The lowest BCUT2D eigenvalue weighted by atomic mass is 10.1. The van der Waals surface area contributed by atoms with E-state index < -0.39 is 0 Å². The second kappa shape index (κ2) is 10.00. The number of benzene rings is 1. The minimum atomic E-state index is -0.272. The number of hydrogen-bond acceptors (Lipinski definition) is 4. The first-order chi connectivity index (χ1) is 13.3. The van der Waals surface area contributed by atoms with E-state index in [1.807, 2.05) is 37.5 Å². The predicted molar refractivity (Wildman–Crippen MR) is 106 cm³/mol. The van der Waals surface area contributed by atoms with Crippen LogP contribution < -0.4 is 5.32 Å². The zero-order valence-electron chi connectivity index (χ0n) is 17.0. The molecule has 0 fully saturated rings. The molecule has 1 heterocycles. The number of hydrogen-bond donors (Lipinski definition) is 1. The minimum Gasteiger partial charge on any atom is -0.354 e. The summed E-state index contributed by atoms with van der Waals surface area (Å²) in [5, 5.41) is 16.2. The number of aromatic nitrogens is 2. The summed E-state index contributed by atoms with van der Waals surface area (Å²) in [4.78, 5) is 14.4. The molecule has 2 aromatic rings. The van der Waals surface area contributed by atoms with Crippen LogP contribution in [0, 0.1) is 31.0 Å². The van der Waals surface area contributed by atoms with Gasteiger partial charge in [0.1, 0.15) is 5.82 Å². The van der Waals surface area contributed by atoms with E-state index >= 15 is 0 Å². The number of carbonyl (C=O) groups excluding carboxylic acids is 1. The third-order valence-corrected chi connectivity index (χ3v) is 4.94. The monoisotopic (exact) mass is 385 g/mol. The molecule has 0 bridgehead atoms. The molecule has 1 atom stereocenters. The van der Waals surface area contributed by atoms with Gasteiger partial charge in [0.15, 0.2) is 0 Å². The van der Waals surface area contributed by atoms with Crippen molar-refractivity contribution in [2.45, 2.75) is 45.7 Å². The molecule has 28 heavy (non-hydrogen) atoms. The molecule has 1 unspecified atom stereocenters. The van der Waals surface area contributed by atoms with E-state index in [0.29, 0.717) is 32.4 Å². The standard InChI is InChI=1S/C21H28FN5O/c1-15-19(16(2)27(25-15)13-5-12-23)10-11-21(28)24-14-20(26(3)4)17-6-8-18(22)9-7-17/h6-9,20H,5,10-11,13-14H2,1-4H3,(H,24,28). The van der Waals surface area contributed by atoms with Crippen molar-refractivity contribution in [2.24, 2.45) is 0 Å². The van der Waals surface area contributed by atoms with Gasteiger partial charge in [0.25, 0.3) is 0 Å². The molecule has 0 aliphatic heterocycles. The molecule has 7 heteroatoms. The Balaban J connectivity index is 1.92. The van der Waals surface area contributed by atoms with Crippen molar-refractivity contribution in [3.8, 4) is 6.07 Å². The predicted octanol–water partition coefficient (Wildman–Crippen LogP) is 2.90. The van der Waals surface area contributed by atoms with Crippen LogP contribution in [0.3, 0.4) is 0 Å². The third kappa shape index (κ3) is 5.64. The highest BCUT2D eigenvalue weighted by Crippen LogP contribution is 2.18. The van der Waals surface area contributed by atoms with Crippen LogP contribution >= 0.6 is 0 Å². The average Bonchev–Trinajstić information content (AvgIpc) is 2.92. The zero-order chi connectivity index (χ0) is 20.7.